The summed E-state index contributed by atoms with van der Waals surface area (Å²) in [4.78, 5) is 12.3. The van der Waals surface area contributed by atoms with Crippen LogP contribution in [0.1, 0.15) is 18.2 Å². The van der Waals surface area contributed by atoms with Gasteiger partial charge in [-0.05, 0) is 25.1 Å². The van der Waals surface area contributed by atoms with E-state index in [1.165, 1.54) is 0 Å². The monoisotopic (exact) mass is 217 g/mol. The second-order valence-electron chi connectivity index (χ2n) is 4.13. The first kappa shape index (κ1) is 9.59. The average molecular weight is 217 g/mol. The molecule has 0 aliphatic carbocycles. The Bertz CT molecular complexity index is 498. The number of imidazole rings is 1. The number of hydrogen-bond donors (Lipinski definition) is 3. The molecule has 3 heterocycles. The smallest absolute Gasteiger partial charge is 0.179 e. The number of fused-ring (bicyclic) bond motifs is 1. The van der Waals surface area contributed by atoms with E-state index in [-0.39, 0.29) is 0 Å². The van der Waals surface area contributed by atoms with Gasteiger partial charge >= 0.3 is 0 Å². The molecule has 3 N–H and O–H groups in total. The highest BCUT2D eigenvalue weighted by molar-refractivity contribution is 5.73. The highest BCUT2D eigenvalue weighted by Gasteiger charge is 2.20. The molecule has 2 aromatic rings. The van der Waals surface area contributed by atoms with Crippen LogP contribution >= 0.6 is 0 Å². The lowest BCUT2D eigenvalue weighted by atomic mass is 10.1. The van der Waals surface area contributed by atoms with E-state index in [1.54, 1.807) is 0 Å². The predicted molar refractivity (Wildman–Crippen MR) is 63.7 cm³/mol. The number of aromatic amines is 1. The minimum atomic E-state index is 0.507. The first-order chi connectivity index (χ1) is 7.86. The summed E-state index contributed by atoms with van der Waals surface area (Å²) in [6.07, 6.45) is 1.15. The molecular weight excluding hydrogens is 202 g/mol. The molecular formula is C11H15N5. The number of nitrogens with one attached hydrogen (secondary N) is 3. The minimum Gasteiger partial charge on any atom is -0.373 e. The zero-order chi connectivity index (χ0) is 11.0. The number of nitrogens with zero attached hydrogens (tertiary/aromatic N) is 2. The third kappa shape index (κ3) is 1.53. The average Bonchev–Trinajstić information content (AvgIpc) is 2.96. The highest BCUT2D eigenvalue weighted by Crippen LogP contribution is 2.22. The van der Waals surface area contributed by atoms with Gasteiger partial charge in [0.2, 0.25) is 0 Å². The lowest BCUT2D eigenvalue weighted by Crippen LogP contribution is -2.08. The summed E-state index contributed by atoms with van der Waals surface area (Å²) in [5, 5.41) is 6.37. The van der Waals surface area contributed by atoms with Crippen LogP contribution in [-0.2, 0) is 0 Å². The molecule has 5 heteroatoms. The summed E-state index contributed by atoms with van der Waals surface area (Å²) >= 11 is 0. The maximum atomic E-state index is 4.56. The molecule has 0 saturated carbocycles. The molecule has 0 radical (unpaired) electrons. The Kier molecular flexibility index (Phi) is 2.25. The largest absolute Gasteiger partial charge is 0.373 e. The molecule has 0 bridgehead atoms. The Balaban J connectivity index is 2.01. The van der Waals surface area contributed by atoms with Crippen molar-refractivity contribution >= 4 is 17.0 Å². The van der Waals surface area contributed by atoms with Gasteiger partial charge in [0.05, 0.1) is 5.52 Å². The van der Waals surface area contributed by atoms with Crippen molar-refractivity contribution in [3.63, 3.8) is 0 Å². The van der Waals surface area contributed by atoms with Gasteiger partial charge in [-0.3, -0.25) is 0 Å². The summed E-state index contributed by atoms with van der Waals surface area (Å²) in [6, 6.07) is 3.98. The summed E-state index contributed by atoms with van der Waals surface area (Å²) in [5.41, 5.74) is 1.81. The van der Waals surface area contributed by atoms with Gasteiger partial charge in [-0.25, -0.2) is 9.97 Å². The number of pyridine rings is 1. The van der Waals surface area contributed by atoms with Gasteiger partial charge in [-0.1, -0.05) is 0 Å². The zero-order valence-electron chi connectivity index (χ0n) is 9.25. The quantitative estimate of drug-likeness (QED) is 0.704. The summed E-state index contributed by atoms with van der Waals surface area (Å²) in [5.74, 6) is 2.42. The number of anilines is 1. The Morgan fingerprint density at radius 3 is 3.06 bits per heavy atom. The number of aromatic nitrogens is 3. The molecule has 1 aliphatic heterocycles. The van der Waals surface area contributed by atoms with Crippen molar-refractivity contribution < 1.29 is 0 Å². The molecule has 5 nitrogen and oxygen atoms in total. The normalized spacial score (nSPS) is 20.4. The van der Waals surface area contributed by atoms with Gasteiger partial charge < -0.3 is 15.6 Å². The van der Waals surface area contributed by atoms with E-state index in [1.807, 2.05) is 19.2 Å². The molecule has 1 fully saturated rings. The van der Waals surface area contributed by atoms with Gasteiger partial charge in [-0.2, -0.15) is 0 Å². The maximum Gasteiger partial charge on any atom is 0.179 e. The molecule has 1 aliphatic rings. The summed E-state index contributed by atoms with van der Waals surface area (Å²) in [6.45, 7) is 2.09. The summed E-state index contributed by atoms with van der Waals surface area (Å²) < 4.78 is 0. The third-order valence-corrected chi connectivity index (χ3v) is 3.07. The Hall–Kier alpha value is -1.62. The van der Waals surface area contributed by atoms with Crippen molar-refractivity contribution in [1.82, 2.24) is 20.3 Å². The van der Waals surface area contributed by atoms with Crippen molar-refractivity contribution in [3.05, 3.63) is 18.0 Å². The Morgan fingerprint density at radius 1 is 1.38 bits per heavy atom. The van der Waals surface area contributed by atoms with Crippen molar-refractivity contribution in [2.45, 2.75) is 12.3 Å². The molecule has 1 atom stereocenters. The second kappa shape index (κ2) is 3.75. The molecule has 16 heavy (non-hydrogen) atoms. The highest BCUT2D eigenvalue weighted by atomic mass is 15.1. The molecule has 1 unspecified atom stereocenters. The van der Waals surface area contributed by atoms with Crippen LogP contribution in [0.2, 0.25) is 0 Å². The first-order valence-corrected chi connectivity index (χ1v) is 5.62. The van der Waals surface area contributed by atoms with Crippen LogP contribution in [0.25, 0.3) is 11.2 Å². The zero-order valence-corrected chi connectivity index (χ0v) is 9.25. The van der Waals surface area contributed by atoms with E-state index < -0.39 is 0 Å². The van der Waals surface area contributed by atoms with Gasteiger partial charge in [0.25, 0.3) is 0 Å². The van der Waals surface area contributed by atoms with Crippen LogP contribution in [0.4, 0.5) is 5.82 Å². The van der Waals surface area contributed by atoms with Crippen molar-refractivity contribution in [2.75, 3.05) is 25.5 Å². The number of hydrogen-bond acceptors (Lipinski definition) is 4. The van der Waals surface area contributed by atoms with E-state index in [9.17, 15) is 0 Å². The predicted octanol–water partition coefficient (Wildman–Crippen LogP) is 1.08. The fourth-order valence-electron chi connectivity index (χ4n) is 2.13. The molecule has 1 saturated heterocycles. The van der Waals surface area contributed by atoms with Gasteiger partial charge in [0, 0.05) is 19.5 Å². The Morgan fingerprint density at radius 2 is 2.31 bits per heavy atom. The standard InChI is InChI=1S/C11H15N5/c1-12-9-3-2-8-11(15-9)16-10(14-8)7-4-5-13-6-7/h2-3,7,13H,4-6H2,1H3,(H2,12,14,15,16). The molecule has 0 aromatic carbocycles. The van der Waals surface area contributed by atoms with Crippen molar-refractivity contribution in [1.29, 1.82) is 0 Å². The molecule has 3 rings (SSSR count). The van der Waals surface area contributed by atoms with Crippen LogP contribution in [0.3, 0.4) is 0 Å². The third-order valence-electron chi connectivity index (χ3n) is 3.07. The number of rotatable bonds is 2. The fourth-order valence-corrected chi connectivity index (χ4v) is 2.13. The maximum absolute atomic E-state index is 4.56. The summed E-state index contributed by atoms with van der Waals surface area (Å²) in [7, 11) is 1.86. The molecule has 2 aromatic heterocycles. The SMILES string of the molecule is CNc1ccc2[nH]c(C3CCNC3)nc2n1. The number of H-pyrrole nitrogens is 1. The van der Waals surface area contributed by atoms with E-state index in [4.69, 9.17) is 0 Å². The first-order valence-electron chi connectivity index (χ1n) is 5.62. The molecule has 0 spiro atoms. The minimum absolute atomic E-state index is 0.507. The topological polar surface area (TPSA) is 65.6 Å². The Labute approximate surface area is 93.7 Å². The lowest BCUT2D eigenvalue weighted by Gasteiger charge is -2.01. The lowest BCUT2D eigenvalue weighted by molar-refractivity contribution is 0.717. The van der Waals surface area contributed by atoms with Crippen LogP contribution in [0, 0.1) is 0 Å². The van der Waals surface area contributed by atoms with E-state index >= 15 is 0 Å². The van der Waals surface area contributed by atoms with Gasteiger partial charge in [-0.15, -0.1) is 0 Å². The van der Waals surface area contributed by atoms with Gasteiger partial charge in [0.15, 0.2) is 5.65 Å². The van der Waals surface area contributed by atoms with E-state index in [2.05, 4.69) is 25.6 Å². The van der Waals surface area contributed by atoms with E-state index in [0.717, 1.165) is 42.3 Å². The van der Waals surface area contributed by atoms with Gasteiger partial charge in [0.1, 0.15) is 11.6 Å². The molecule has 0 amide bonds. The van der Waals surface area contributed by atoms with Crippen molar-refractivity contribution in [2.24, 2.45) is 0 Å². The van der Waals surface area contributed by atoms with E-state index in [0.29, 0.717) is 5.92 Å². The van der Waals surface area contributed by atoms with Crippen LogP contribution in [0.5, 0.6) is 0 Å². The van der Waals surface area contributed by atoms with Crippen LogP contribution in [-0.4, -0.2) is 35.1 Å². The van der Waals surface area contributed by atoms with Crippen LogP contribution in [0.15, 0.2) is 12.1 Å². The fraction of sp³-hybridized carbons (Fsp3) is 0.455. The molecule has 84 valence electrons. The van der Waals surface area contributed by atoms with Crippen LogP contribution < -0.4 is 10.6 Å². The van der Waals surface area contributed by atoms with Crippen molar-refractivity contribution in [3.8, 4) is 0 Å². The second-order valence-corrected chi connectivity index (χ2v) is 4.13.